The third-order valence-electron chi connectivity index (χ3n) is 0.689. The fraction of sp³-hybridized carbons (Fsp3) is 0.143. The molecule has 0 bridgehead atoms. The minimum atomic E-state index is -0.537. The van der Waals surface area contributed by atoms with Gasteiger partial charge in [-0.1, -0.05) is 0 Å². The summed E-state index contributed by atoms with van der Waals surface area (Å²) in [5.74, 6) is -0.0683. The standard InChI is InChI=1S/C5H4O3.C2H5.Zn/c6-4-1-2-8-5(7)3-4;1-2;/h1-3,6H;1H2,2H3;/q;-1;. The molecular weight excluding hydrogens is 197 g/mol. The van der Waals surface area contributed by atoms with E-state index in [1.807, 2.05) is 0 Å². The van der Waals surface area contributed by atoms with Crippen LogP contribution in [0.4, 0.5) is 0 Å². The molecule has 1 N–H and O–H groups in total. The van der Waals surface area contributed by atoms with Crippen molar-refractivity contribution in [1.29, 1.82) is 0 Å². The fourth-order valence-corrected chi connectivity index (χ4v) is 0.374. The number of aromatic hydroxyl groups is 1. The second-order valence-electron chi connectivity index (χ2n) is 1.31. The van der Waals surface area contributed by atoms with E-state index in [1.54, 1.807) is 6.92 Å². The Kier molecular flexibility index (Phi) is 8.84. The van der Waals surface area contributed by atoms with E-state index in [-0.39, 0.29) is 25.2 Å². The number of hydrogen-bond donors (Lipinski definition) is 1. The summed E-state index contributed by atoms with van der Waals surface area (Å²) in [4.78, 5) is 10.2. The normalized spacial score (nSPS) is 7.09. The first-order chi connectivity index (χ1) is 4.79. The third-order valence-corrected chi connectivity index (χ3v) is 0.689. The Morgan fingerprint density at radius 3 is 2.36 bits per heavy atom. The molecule has 58 valence electrons. The zero-order valence-corrected chi connectivity index (χ0v) is 9.38. The predicted octanol–water partition coefficient (Wildman–Crippen LogP) is 1.18. The van der Waals surface area contributed by atoms with E-state index in [4.69, 9.17) is 5.11 Å². The predicted molar refractivity (Wildman–Crippen MR) is 37.7 cm³/mol. The number of rotatable bonds is 0. The zero-order valence-electron chi connectivity index (χ0n) is 6.41. The van der Waals surface area contributed by atoms with Gasteiger partial charge in [0.05, 0.1) is 12.3 Å². The van der Waals surface area contributed by atoms with Crippen molar-refractivity contribution in [2.24, 2.45) is 0 Å². The quantitative estimate of drug-likeness (QED) is 0.512. The molecule has 0 aliphatic rings. The summed E-state index contributed by atoms with van der Waals surface area (Å²) in [5, 5.41) is 8.55. The first-order valence-electron chi connectivity index (χ1n) is 2.77. The van der Waals surface area contributed by atoms with Crippen LogP contribution in [-0.2, 0) is 19.5 Å². The molecule has 0 fully saturated rings. The molecule has 4 heteroatoms. The Morgan fingerprint density at radius 1 is 1.55 bits per heavy atom. The molecule has 0 spiro atoms. The molecule has 0 saturated carbocycles. The van der Waals surface area contributed by atoms with Crippen molar-refractivity contribution in [3.05, 3.63) is 35.7 Å². The first-order valence-corrected chi connectivity index (χ1v) is 2.77. The van der Waals surface area contributed by atoms with Crippen molar-refractivity contribution in [1.82, 2.24) is 0 Å². The molecule has 1 aromatic rings. The van der Waals surface area contributed by atoms with Crippen LogP contribution in [0.1, 0.15) is 6.92 Å². The molecule has 0 aliphatic carbocycles. The first kappa shape index (κ1) is 13.0. The Morgan fingerprint density at radius 2 is 2.09 bits per heavy atom. The molecule has 0 aliphatic heterocycles. The van der Waals surface area contributed by atoms with E-state index >= 15 is 0 Å². The van der Waals surface area contributed by atoms with Crippen LogP contribution in [0.3, 0.4) is 0 Å². The molecule has 0 saturated heterocycles. The van der Waals surface area contributed by atoms with Crippen LogP contribution in [0.5, 0.6) is 5.75 Å². The van der Waals surface area contributed by atoms with Crippen molar-refractivity contribution < 1.29 is 29.0 Å². The van der Waals surface area contributed by atoms with Crippen LogP contribution >= 0.6 is 0 Å². The van der Waals surface area contributed by atoms with Crippen LogP contribution in [-0.4, -0.2) is 5.11 Å². The van der Waals surface area contributed by atoms with Gasteiger partial charge in [0.15, 0.2) is 0 Å². The largest absolute Gasteiger partial charge is 0.508 e. The molecule has 11 heavy (non-hydrogen) atoms. The van der Waals surface area contributed by atoms with Gasteiger partial charge in [0.25, 0.3) is 0 Å². The monoisotopic (exact) mass is 205 g/mol. The second kappa shape index (κ2) is 7.48. The van der Waals surface area contributed by atoms with Crippen LogP contribution < -0.4 is 5.63 Å². The topological polar surface area (TPSA) is 50.4 Å². The van der Waals surface area contributed by atoms with E-state index in [1.165, 1.54) is 6.07 Å². The Balaban J connectivity index is 0. The van der Waals surface area contributed by atoms with Gasteiger partial charge in [0.1, 0.15) is 5.75 Å². The van der Waals surface area contributed by atoms with Gasteiger partial charge in [0.2, 0.25) is 0 Å². The molecule has 0 aromatic carbocycles. The second-order valence-corrected chi connectivity index (χ2v) is 1.31. The van der Waals surface area contributed by atoms with Crippen LogP contribution in [0.25, 0.3) is 0 Å². The fourth-order valence-electron chi connectivity index (χ4n) is 0.374. The van der Waals surface area contributed by atoms with E-state index in [9.17, 15) is 4.79 Å². The smallest absolute Gasteiger partial charge is 0.339 e. The molecule has 1 rings (SSSR count). The van der Waals surface area contributed by atoms with E-state index in [2.05, 4.69) is 11.3 Å². The van der Waals surface area contributed by atoms with Crippen molar-refractivity contribution in [2.75, 3.05) is 0 Å². The van der Waals surface area contributed by atoms with E-state index < -0.39 is 5.63 Å². The average Bonchev–Trinajstić information content (AvgIpc) is 1.91. The minimum Gasteiger partial charge on any atom is -0.508 e. The molecule has 0 amide bonds. The summed E-state index contributed by atoms with van der Waals surface area (Å²) in [7, 11) is 0. The Hall–Kier alpha value is -0.627. The molecule has 0 unspecified atom stereocenters. The van der Waals surface area contributed by atoms with Gasteiger partial charge in [-0.25, -0.2) is 4.79 Å². The summed E-state index contributed by atoms with van der Waals surface area (Å²) in [5.41, 5.74) is -0.537. The summed E-state index contributed by atoms with van der Waals surface area (Å²) in [6.07, 6.45) is 1.14. The molecule has 3 nitrogen and oxygen atoms in total. The summed E-state index contributed by atoms with van der Waals surface area (Å²) < 4.78 is 4.29. The van der Waals surface area contributed by atoms with Gasteiger partial charge in [-0.05, 0) is 0 Å². The summed E-state index contributed by atoms with van der Waals surface area (Å²) >= 11 is 0. The van der Waals surface area contributed by atoms with E-state index in [0.717, 1.165) is 12.3 Å². The zero-order chi connectivity index (χ0) is 7.98. The van der Waals surface area contributed by atoms with Gasteiger partial charge in [-0.2, -0.15) is 6.92 Å². The molecular formula is C7H9O3Zn-. The molecule has 0 radical (unpaired) electrons. The maximum Gasteiger partial charge on any atom is 0.339 e. The van der Waals surface area contributed by atoms with Crippen LogP contribution in [0.15, 0.2) is 27.6 Å². The van der Waals surface area contributed by atoms with Gasteiger partial charge < -0.3 is 16.4 Å². The van der Waals surface area contributed by atoms with Crippen molar-refractivity contribution in [2.45, 2.75) is 6.92 Å². The van der Waals surface area contributed by atoms with Crippen LogP contribution in [0, 0.1) is 6.92 Å². The van der Waals surface area contributed by atoms with Crippen LogP contribution in [0.2, 0.25) is 0 Å². The minimum absolute atomic E-state index is 0. The molecule has 1 heterocycles. The molecule has 0 atom stereocenters. The van der Waals surface area contributed by atoms with Gasteiger partial charge >= 0.3 is 5.63 Å². The maximum atomic E-state index is 10.2. The van der Waals surface area contributed by atoms with Crippen molar-refractivity contribution in [3.63, 3.8) is 0 Å². The van der Waals surface area contributed by atoms with Gasteiger partial charge in [-0.15, -0.1) is 0 Å². The Labute approximate surface area is 77.8 Å². The average molecular weight is 207 g/mol. The maximum absolute atomic E-state index is 10.2. The van der Waals surface area contributed by atoms with Crippen molar-refractivity contribution >= 4 is 0 Å². The SMILES string of the molecule is O=c1cc(O)cco1.[CH2-]C.[Zn]. The summed E-state index contributed by atoms with van der Waals surface area (Å²) in [6.45, 7) is 5.00. The summed E-state index contributed by atoms with van der Waals surface area (Å²) in [6, 6.07) is 2.29. The van der Waals surface area contributed by atoms with Gasteiger partial charge in [0, 0.05) is 25.5 Å². The number of hydrogen-bond acceptors (Lipinski definition) is 3. The molecule has 1 aromatic heterocycles. The van der Waals surface area contributed by atoms with Crippen molar-refractivity contribution in [3.8, 4) is 5.75 Å². The van der Waals surface area contributed by atoms with E-state index in [0.29, 0.717) is 0 Å². The Bertz CT molecular complexity index is 231. The van der Waals surface area contributed by atoms with Gasteiger partial charge in [-0.3, -0.25) is 0 Å². The third kappa shape index (κ3) is 5.80.